The molecule has 1 aromatic carbocycles. The Hall–Kier alpha value is -2.96. The van der Waals surface area contributed by atoms with Crippen molar-refractivity contribution in [3.05, 3.63) is 57.5 Å². The molecule has 0 saturated heterocycles. The van der Waals surface area contributed by atoms with Crippen molar-refractivity contribution in [3.8, 4) is 0 Å². The standard InChI is InChI=1S/C13H11N3O4/c1-15-11(14-8-12(15)16(19)20)7-4-9-2-5-10(6-3-9)13(17)18/h2-8H,1H3,(H,17,18)/b7-4+. The molecular formula is C13H11N3O4. The fourth-order valence-corrected chi connectivity index (χ4v) is 1.65. The Morgan fingerprint density at radius 2 is 2.00 bits per heavy atom. The number of rotatable bonds is 4. The highest BCUT2D eigenvalue weighted by atomic mass is 16.6. The lowest BCUT2D eigenvalue weighted by Crippen LogP contribution is -1.98. The van der Waals surface area contributed by atoms with Gasteiger partial charge in [-0.1, -0.05) is 12.1 Å². The van der Waals surface area contributed by atoms with Gasteiger partial charge in [0.2, 0.25) is 5.82 Å². The molecule has 2 aromatic rings. The lowest BCUT2D eigenvalue weighted by atomic mass is 10.1. The number of hydrogen-bond donors (Lipinski definition) is 1. The molecule has 0 fully saturated rings. The molecule has 20 heavy (non-hydrogen) atoms. The van der Waals surface area contributed by atoms with Crippen LogP contribution in [0.15, 0.2) is 30.5 Å². The van der Waals surface area contributed by atoms with E-state index in [1.54, 1.807) is 31.3 Å². The van der Waals surface area contributed by atoms with Crippen molar-refractivity contribution in [1.82, 2.24) is 9.55 Å². The number of carboxylic acids is 1. The molecule has 7 nitrogen and oxygen atoms in total. The molecule has 0 amide bonds. The highest BCUT2D eigenvalue weighted by Gasteiger charge is 2.13. The minimum atomic E-state index is -0.986. The average Bonchev–Trinajstić information content (AvgIpc) is 2.78. The zero-order valence-electron chi connectivity index (χ0n) is 10.6. The van der Waals surface area contributed by atoms with Crippen molar-refractivity contribution >= 4 is 23.9 Å². The number of nitrogens with zero attached hydrogens (tertiary/aromatic N) is 3. The molecule has 0 spiro atoms. The van der Waals surface area contributed by atoms with E-state index in [9.17, 15) is 14.9 Å². The van der Waals surface area contributed by atoms with Gasteiger partial charge in [0, 0.05) is 6.08 Å². The minimum absolute atomic E-state index is 0.0918. The monoisotopic (exact) mass is 273 g/mol. The van der Waals surface area contributed by atoms with Crippen LogP contribution in [0.2, 0.25) is 0 Å². The molecule has 1 heterocycles. The quantitative estimate of drug-likeness (QED) is 0.680. The van der Waals surface area contributed by atoms with Gasteiger partial charge in [0.25, 0.3) is 0 Å². The first-order valence-corrected chi connectivity index (χ1v) is 5.66. The van der Waals surface area contributed by atoms with E-state index in [2.05, 4.69) is 4.98 Å². The van der Waals surface area contributed by atoms with Crippen molar-refractivity contribution in [3.63, 3.8) is 0 Å². The van der Waals surface area contributed by atoms with Gasteiger partial charge in [-0.25, -0.2) is 14.3 Å². The van der Waals surface area contributed by atoms with Crippen molar-refractivity contribution in [2.45, 2.75) is 0 Å². The Morgan fingerprint density at radius 1 is 1.35 bits per heavy atom. The predicted molar refractivity (Wildman–Crippen MR) is 72.2 cm³/mol. The lowest BCUT2D eigenvalue weighted by Gasteiger charge is -1.96. The van der Waals surface area contributed by atoms with E-state index < -0.39 is 10.9 Å². The maximum absolute atomic E-state index is 10.7. The Balaban J connectivity index is 2.21. The summed E-state index contributed by atoms with van der Waals surface area (Å²) in [6.45, 7) is 0. The Bertz CT molecular complexity index is 686. The number of nitro groups is 1. The van der Waals surface area contributed by atoms with Crippen molar-refractivity contribution in [2.75, 3.05) is 0 Å². The van der Waals surface area contributed by atoms with E-state index in [0.29, 0.717) is 5.82 Å². The molecule has 0 aliphatic rings. The normalized spacial score (nSPS) is 10.8. The van der Waals surface area contributed by atoms with Gasteiger partial charge < -0.3 is 15.2 Å². The summed E-state index contributed by atoms with van der Waals surface area (Å²) in [7, 11) is 1.55. The van der Waals surface area contributed by atoms with E-state index >= 15 is 0 Å². The summed E-state index contributed by atoms with van der Waals surface area (Å²) in [5.41, 5.74) is 0.982. The third-order valence-electron chi connectivity index (χ3n) is 2.77. The summed E-state index contributed by atoms with van der Waals surface area (Å²) in [6.07, 6.45) is 4.52. The van der Waals surface area contributed by atoms with E-state index in [-0.39, 0.29) is 11.4 Å². The average molecular weight is 273 g/mol. The SMILES string of the molecule is Cn1c([N+](=O)[O-])cnc1/C=C/c1ccc(C(=O)O)cc1. The van der Waals surface area contributed by atoms with Crippen LogP contribution >= 0.6 is 0 Å². The first kappa shape index (κ1) is 13.5. The largest absolute Gasteiger partial charge is 0.478 e. The summed E-state index contributed by atoms with van der Waals surface area (Å²) in [4.78, 5) is 24.8. The van der Waals surface area contributed by atoms with E-state index in [1.165, 1.54) is 22.9 Å². The fraction of sp³-hybridized carbons (Fsp3) is 0.0769. The number of aromatic carboxylic acids is 1. The van der Waals surface area contributed by atoms with Crippen LogP contribution < -0.4 is 0 Å². The van der Waals surface area contributed by atoms with Crippen LogP contribution in [0.1, 0.15) is 21.7 Å². The first-order valence-electron chi connectivity index (χ1n) is 5.66. The van der Waals surface area contributed by atoms with Gasteiger partial charge >= 0.3 is 11.8 Å². The number of benzene rings is 1. The van der Waals surface area contributed by atoms with Crippen LogP contribution in [-0.4, -0.2) is 25.6 Å². The molecular weight excluding hydrogens is 262 g/mol. The molecule has 0 radical (unpaired) electrons. The van der Waals surface area contributed by atoms with Crippen LogP contribution in [0.4, 0.5) is 5.82 Å². The second-order valence-corrected chi connectivity index (χ2v) is 4.05. The predicted octanol–water partition coefficient (Wildman–Crippen LogP) is 2.20. The van der Waals surface area contributed by atoms with Crippen LogP contribution in [0.5, 0.6) is 0 Å². The first-order chi connectivity index (χ1) is 9.49. The van der Waals surface area contributed by atoms with E-state index in [4.69, 9.17) is 5.11 Å². The van der Waals surface area contributed by atoms with Crippen molar-refractivity contribution in [1.29, 1.82) is 0 Å². The molecule has 0 unspecified atom stereocenters. The van der Waals surface area contributed by atoms with Gasteiger partial charge in [0.1, 0.15) is 6.20 Å². The van der Waals surface area contributed by atoms with Gasteiger partial charge in [-0.3, -0.25) is 0 Å². The minimum Gasteiger partial charge on any atom is -0.478 e. The molecule has 7 heteroatoms. The maximum atomic E-state index is 10.7. The third-order valence-corrected chi connectivity index (χ3v) is 2.77. The molecule has 0 aliphatic carbocycles. The summed E-state index contributed by atoms with van der Waals surface area (Å²) in [6, 6.07) is 6.28. The van der Waals surface area contributed by atoms with Crippen molar-refractivity contribution < 1.29 is 14.8 Å². The summed E-state index contributed by atoms with van der Waals surface area (Å²) < 4.78 is 1.36. The summed E-state index contributed by atoms with van der Waals surface area (Å²) >= 11 is 0. The molecule has 1 aromatic heterocycles. The number of hydrogen-bond acceptors (Lipinski definition) is 4. The highest BCUT2D eigenvalue weighted by Crippen LogP contribution is 2.14. The Morgan fingerprint density at radius 3 is 2.50 bits per heavy atom. The smallest absolute Gasteiger partial charge is 0.342 e. The third kappa shape index (κ3) is 2.72. The number of imidazole rings is 1. The second kappa shape index (κ2) is 5.35. The molecule has 0 atom stereocenters. The zero-order chi connectivity index (χ0) is 14.7. The molecule has 102 valence electrons. The van der Waals surface area contributed by atoms with Gasteiger partial charge in [-0.05, 0) is 28.7 Å². The van der Waals surface area contributed by atoms with Crippen LogP contribution in [0.25, 0.3) is 12.2 Å². The van der Waals surface area contributed by atoms with Gasteiger partial charge in [-0.2, -0.15) is 0 Å². The zero-order valence-corrected chi connectivity index (χ0v) is 10.6. The molecule has 1 N–H and O–H groups in total. The Labute approximate surface area is 114 Å². The topological polar surface area (TPSA) is 98.3 Å². The van der Waals surface area contributed by atoms with Crippen LogP contribution in [0, 0.1) is 10.1 Å². The van der Waals surface area contributed by atoms with Gasteiger partial charge in [0.05, 0.1) is 12.6 Å². The highest BCUT2D eigenvalue weighted by molar-refractivity contribution is 5.88. The maximum Gasteiger partial charge on any atom is 0.342 e. The second-order valence-electron chi connectivity index (χ2n) is 4.05. The molecule has 0 saturated carbocycles. The summed E-state index contributed by atoms with van der Waals surface area (Å²) in [5, 5.41) is 19.5. The van der Waals surface area contributed by atoms with Crippen molar-refractivity contribution in [2.24, 2.45) is 7.05 Å². The van der Waals surface area contributed by atoms with Crippen LogP contribution in [0.3, 0.4) is 0 Å². The van der Waals surface area contributed by atoms with Gasteiger partial charge in [-0.15, -0.1) is 0 Å². The molecule has 2 rings (SSSR count). The van der Waals surface area contributed by atoms with Crippen LogP contribution in [-0.2, 0) is 7.05 Å². The number of carboxylic acid groups (broad SMARTS) is 1. The number of aromatic nitrogens is 2. The van der Waals surface area contributed by atoms with E-state index in [1.807, 2.05) is 0 Å². The summed E-state index contributed by atoms with van der Waals surface area (Å²) in [5.74, 6) is -0.634. The molecule has 0 aliphatic heterocycles. The fourth-order valence-electron chi connectivity index (χ4n) is 1.65. The Kier molecular flexibility index (Phi) is 3.60. The molecule has 0 bridgehead atoms. The lowest BCUT2D eigenvalue weighted by molar-refractivity contribution is -0.391. The van der Waals surface area contributed by atoms with Gasteiger partial charge in [0.15, 0.2) is 0 Å². The van der Waals surface area contributed by atoms with E-state index in [0.717, 1.165) is 5.56 Å². The number of carbonyl (C=O) groups is 1.